The second-order valence-electron chi connectivity index (χ2n) is 8.97. The highest BCUT2D eigenvalue weighted by molar-refractivity contribution is 6.19. The van der Waals surface area contributed by atoms with Crippen molar-refractivity contribution in [3.8, 4) is 28.0 Å². The zero-order valence-corrected chi connectivity index (χ0v) is 19.3. The molecule has 4 nitrogen and oxygen atoms in total. The monoisotopic (exact) mass is 466 g/mol. The molecule has 1 aromatic heterocycles. The van der Waals surface area contributed by atoms with Crippen LogP contribution in [-0.2, 0) is 4.65 Å². The summed E-state index contributed by atoms with van der Waals surface area (Å²) in [5, 5.41) is 2.24. The molecular formula is C31H21BNO3. The van der Waals surface area contributed by atoms with Crippen LogP contribution in [0.15, 0.2) is 114 Å². The first-order valence-electron chi connectivity index (χ1n) is 11.9. The predicted molar refractivity (Wildman–Crippen MR) is 145 cm³/mol. The maximum absolute atomic E-state index is 6.23. The van der Waals surface area contributed by atoms with Gasteiger partial charge in [0.2, 0.25) is 0 Å². The normalized spacial score (nSPS) is 14.1. The van der Waals surface area contributed by atoms with Crippen molar-refractivity contribution in [1.29, 1.82) is 0 Å². The average Bonchev–Trinajstić information content (AvgIpc) is 3.45. The van der Waals surface area contributed by atoms with E-state index in [1.165, 1.54) is 18.8 Å². The molecule has 0 bridgehead atoms. The zero-order valence-electron chi connectivity index (χ0n) is 19.3. The highest BCUT2D eigenvalue weighted by Crippen LogP contribution is 2.47. The van der Waals surface area contributed by atoms with Gasteiger partial charge < -0.3 is 19.5 Å². The molecule has 1 atom stereocenters. The van der Waals surface area contributed by atoms with Gasteiger partial charge in [-0.25, -0.2) is 0 Å². The Morgan fingerprint density at radius 1 is 0.667 bits per heavy atom. The number of nitrogens with two attached hydrogens (primary N) is 1. The Morgan fingerprint density at radius 2 is 1.42 bits per heavy atom. The first kappa shape index (κ1) is 20.9. The van der Waals surface area contributed by atoms with Crippen LogP contribution in [0.5, 0.6) is 5.75 Å². The number of benzene rings is 5. The van der Waals surface area contributed by atoms with E-state index in [0.717, 1.165) is 44.2 Å². The van der Waals surface area contributed by atoms with E-state index in [0.29, 0.717) is 11.4 Å². The highest BCUT2D eigenvalue weighted by Gasteiger charge is 2.30. The summed E-state index contributed by atoms with van der Waals surface area (Å²) < 4.78 is 18.1. The number of hydrogen-bond acceptors (Lipinski definition) is 4. The smallest absolute Gasteiger partial charge is 0.537 e. The molecule has 1 unspecified atom stereocenters. The van der Waals surface area contributed by atoms with Crippen molar-refractivity contribution in [2.45, 2.75) is 6.10 Å². The van der Waals surface area contributed by atoms with Gasteiger partial charge in [-0.2, -0.15) is 0 Å². The fourth-order valence-electron chi connectivity index (χ4n) is 5.18. The number of fused-ring (bicyclic) bond motifs is 6. The van der Waals surface area contributed by atoms with E-state index < -0.39 is 0 Å². The minimum Gasteiger partial charge on any atom is -0.537 e. The third-order valence-corrected chi connectivity index (χ3v) is 6.84. The summed E-state index contributed by atoms with van der Waals surface area (Å²) in [6, 6.07) is 36.6. The number of para-hydroxylation sites is 1. The predicted octanol–water partition coefficient (Wildman–Crippen LogP) is 7.53. The average molecular weight is 466 g/mol. The number of furan rings is 1. The minimum atomic E-state index is -0.273. The largest absolute Gasteiger partial charge is 0.573 e. The van der Waals surface area contributed by atoms with E-state index in [-0.39, 0.29) is 6.10 Å². The summed E-state index contributed by atoms with van der Waals surface area (Å²) in [5.74, 6) is 0.669. The van der Waals surface area contributed by atoms with Crippen LogP contribution in [0.25, 0.3) is 44.2 Å². The van der Waals surface area contributed by atoms with Gasteiger partial charge in [0, 0.05) is 16.5 Å². The van der Waals surface area contributed by atoms with E-state index in [1.807, 2.05) is 48.5 Å². The van der Waals surface area contributed by atoms with Crippen LogP contribution < -0.4 is 10.4 Å². The molecular weight excluding hydrogens is 445 g/mol. The summed E-state index contributed by atoms with van der Waals surface area (Å²) >= 11 is 0. The minimum absolute atomic E-state index is 0.273. The second-order valence-corrected chi connectivity index (χ2v) is 8.97. The van der Waals surface area contributed by atoms with Crippen LogP contribution in [0.3, 0.4) is 0 Å². The number of rotatable bonds is 5. The van der Waals surface area contributed by atoms with E-state index in [2.05, 4.69) is 48.5 Å². The lowest BCUT2D eigenvalue weighted by molar-refractivity contribution is 0.231. The van der Waals surface area contributed by atoms with E-state index in [1.54, 1.807) is 12.1 Å². The lowest BCUT2D eigenvalue weighted by Gasteiger charge is -2.16. The molecule has 0 fully saturated rings. The Kier molecular flexibility index (Phi) is 4.83. The van der Waals surface area contributed by atoms with Gasteiger partial charge in [-0.3, -0.25) is 0 Å². The van der Waals surface area contributed by atoms with Gasteiger partial charge in [0.15, 0.2) is 0 Å². The Hall–Kier alpha value is -4.48. The van der Waals surface area contributed by atoms with Gasteiger partial charge in [0.05, 0.1) is 6.10 Å². The van der Waals surface area contributed by atoms with Crippen molar-refractivity contribution in [3.05, 3.63) is 120 Å². The lowest BCUT2D eigenvalue weighted by Crippen LogP contribution is -2.12. The standard InChI is InChI=1S/C31H21BNO3/c33-20-13-15-21(16-14-20)35-32-36-31-25-7-2-1-6-23(25)24-17-12-19(18-27(24)31)22-9-5-11-29-30(22)26-8-3-4-10-28(26)34-29/h1-18,31H,33H2. The molecule has 6 aromatic rings. The summed E-state index contributed by atoms with van der Waals surface area (Å²) in [5.41, 5.74) is 15.1. The molecule has 0 spiro atoms. The van der Waals surface area contributed by atoms with Crippen LogP contribution >= 0.6 is 0 Å². The van der Waals surface area contributed by atoms with Crippen LogP contribution in [0.2, 0.25) is 0 Å². The van der Waals surface area contributed by atoms with E-state index in [4.69, 9.17) is 19.5 Å². The summed E-state index contributed by atoms with van der Waals surface area (Å²) in [6.07, 6.45) is -0.273. The maximum Gasteiger partial charge on any atom is 0.573 e. The number of nitrogen functional groups attached to an aromatic ring is 1. The molecule has 0 saturated carbocycles. The first-order chi connectivity index (χ1) is 17.8. The third-order valence-electron chi connectivity index (χ3n) is 6.84. The molecule has 0 amide bonds. The molecule has 171 valence electrons. The summed E-state index contributed by atoms with van der Waals surface area (Å²) in [7, 11) is 1.42. The van der Waals surface area contributed by atoms with Crippen LogP contribution in [0.4, 0.5) is 5.69 Å². The van der Waals surface area contributed by atoms with Crippen molar-refractivity contribution < 1.29 is 13.7 Å². The molecule has 5 aromatic carbocycles. The van der Waals surface area contributed by atoms with Crippen LogP contribution in [0.1, 0.15) is 17.2 Å². The van der Waals surface area contributed by atoms with Crippen molar-refractivity contribution in [2.24, 2.45) is 0 Å². The zero-order chi connectivity index (χ0) is 24.1. The number of anilines is 1. The van der Waals surface area contributed by atoms with Crippen molar-refractivity contribution in [1.82, 2.24) is 0 Å². The molecule has 1 aliphatic carbocycles. The Bertz CT molecular complexity index is 1740. The Balaban J connectivity index is 1.29. The molecule has 1 heterocycles. The summed E-state index contributed by atoms with van der Waals surface area (Å²) in [6.45, 7) is 0. The molecule has 1 aliphatic rings. The fraction of sp³-hybridized carbons (Fsp3) is 0.0323. The van der Waals surface area contributed by atoms with E-state index >= 15 is 0 Å². The van der Waals surface area contributed by atoms with Crippen LogP contribution in [-0.4, -0.2) is 7.69 Å². The second kappa shape index (κ2) is 8.33. The lowest BCUT2D eigenvalue weighted by atomic mass is 9.95. The van der Waals surface area contributed by atoms with Crippen molar-refractivity contribution in [3.63, 3.8) is 0 Å². The first-order valence-corrected chi connectivity index (χ1v) is 11.9. The van der Waals surface area contributed by atoms with Gasteiger partial charge in [-0.1, -0.05) is 66.7 Å². The van der Waals surface area contributed by atoms with Gasteiger partial charge in [0.25, 0.3) is 0 Å². The van der Waals surface area contributed by atoms with E-state index in [9.17, 15) is 0 Å². The molecule has 0 saturated heterocycles. The molecule has 1 radical (unpaired) electrons. The Morgan fingerprint density at radius 3 is 2.33 bits per heavy atom. The quantitative estimate of drug-likeness (QED) is 0.211. The topological polar surface area (TPSA) is 57.6 Å². The van der Waals surface area contributed by atoms with Crippen LogP contribution in [0, 0.1) is 0 Å². The third kappa shape index (κ3) is 3.36. The van der Waals surface area contributed by atoms with Gasteiger partial charge >= 0.3 is 7.69 Å². The van der Waals surface area contributed by atoms with Gasteiger partial charge in [-0.15, -0.1) is 0 Å². The van der Waals surface area contributed by atoms with Gasteiger partial charge in [0.1, 0.15) is 16.9 Å². The maximum atomic E-state index is 6.23. The summed E-state index contributed by atoms with van der Waals surface area (Å²) in [4.78, 5) is 0. The molecule has 0 aliphatic heterocycles. The molecule has 7 rings (SSSR count). The number of hydrogen-bond donors (Lipinski definition) is 1. The Labute approximate surface area is 209 Å². The SMILES string of the molecule is Nc1ccc(O[B]OC2c3ccccc3-c3ccc(-c4cccc5oc6ccccc6c45)cc32)cc1. The van der Waals surface area contributed by atoms with Gasteiger partial charge in [-0.05, 0) is 75.8 Å². The molecule has 5 heteroatoms. The molecule has 36 heavy (non-hydrogen) atoms. The molecule has 2 N–H and O–H groups in total. The fourth-order valence-corrected chi connectivity index (χ4v) is 5.18. The van der Waals surface area contributed by atoms with Crippen molar-refractivity contribution in [2.75, 3.05) is 5.73 Å². The van der Waals surface area contributed by atoms with Crippen molar-refractivity contribution >= 4 is 35.3 Å². The highest BCUT2D eigenvalue weighted by atomic mass is 16.6.